The first-order valence-electron chi connectivity index (χ1n) is 28.8. The molecule has 3 aliphatic heterocycles. The molecule has 4 heterocycles. The van der Waals surface area contributed by atoms with Crippen molar-refractivity contribution in [3.63, 3.8) is 0 Å². The number of amides is 1. The SMILES string of the molecule is C/C(=C\C(C)(C)C)C(C)C.CC(C)C(C)(C)CC(C)(C)C.CC(C)C(C)N1CCOCC1.CC(C)C(N)C1CCOCC1.CC(C)C1CC(=O)N(C)C1.CC(C)COC(C)(C)C.Cc1cc(C(C)C)n(C)n1. The molecule has 0 aromatic carbocycles. The van der Waals surface area contributed by atoms with Crippen molar-refractivity contribution in [2.75, 3.05) is 59.7 Å². The molecule has 0 bridgehead atoms. The highest BCUT2D eigenvalue weighted by Crippen LogP contribution is 2.38. The minimum Gasteiger partial charge on any atom is -0.381 e. The van der Waals surface area contributed by atoms with Crippen molar-refractivity contribution in [3.05, 3.63) is 29.1 Å². The molecular weight excluding hydrogens is 891 g/mol. The molecule has 1 amide bonds. The fraction of sp³-hybridized carbons (Fsp3) is 0.905. The highest BCUT2D eigenvalue weighted by Gasteiger charge is 2.29. The number of carbonyl (C=O) groups is 1. The van der Waals surface area contributed by atoms with Gasteiger partial charge in [0.25, 0.3) is 0 Å². The maximum Gasteiger partial charge on any atom is 0.222 e. The van der Waals surface area contributed by atoms with E-state index < -0.39 is 0 Å². The lowest BCUT2D eigenvalue weighted by Crippen LogP contribution is -2.44. The molecule has 9 nitrogen and oxygen atoms in total. The van der Waals surface area contributed by atoms with Crippen molar-refractivity contribution in [3.8, 4) is 0 Å². The largest absolute Gasteiger partial charge is 0.381 e. The lowest BCUT2D eigenvalue weighted by atomic mass is 9.70. The van der Waals surface area contributed by atoms with Crippen LogP contribution in [0.5, 0.6) is 0 Å². The summed E-state index contributed by atoms with van der Waals surface area (Å²) in [6.07, 6.45) is 6.71. The molecule has 0 aliphatic carbocycles. The van der Waals surface area contributed by atoms with Crippen molar-refractivity contribution >= 4 is 5.91 Å². The van der Waals surface area contributed by atoms with Crippen LogP contribution in [0, 0.1) is 70.5 Å². The van der Waals surface area contributed by atoms with Gasteiger partial charge < -0.3 is 24.8 Å². The number of allylic oxidation sites excluding steroid dienone is 2. The number of rotatable bonds is 11. The van der Waals surface area contributed by atoms with Gasteiger partial charge in [-0.1, -0.05) is 164 Å². The van der Waals surface area contributed by atoms with E-state index in [1.165, 1.54) is 17.7 Å². The molecule has 3 aliphatic rings. The minimum absolute atomic E-state index is 0.0320. The van der Waals surface area contributed by atoms with Crippen LogP contribution in [0.3, 0.4) is 0 Å². The minimum atomic E-state index is 0.0320. The van der Waals surface area contributed by atoms with Gasteiger partial charge in [0.1, 0.15) is 0 Å². The van der Waals surface area contributed by atoms with Crippen molar-refractivity contribution in [1.82, 2.24) is 19.6 Å². The van der Waals surface area contributed by atoms with Crippen LogP contribution in [-0.2, 0) is 26.1 Å². The second-order valence-electron chi connectivity index (χ2n) is 28.0. The number of carbonyl (C=O) groups excluding carboxylic acids is 1. The molecule has 1 aromatic rings. The van der Waals surface area contributed by atoms with Gasteiger partial charge in [0.2, 0.25) is 5.91 Å². The van der Waals surface area contributed by atoms with E-state index in [1.807, 2.05) is 30.6 Å². The predicted molar refractivity (Wildman–Crippen MR) is 317 cm³/mol. The average Bonchev–Trinajstić information content (AvgIpc) is 3.78. The monoisotopic (exact) mass is 1020 g/mol. The Morgan fingerprint density at radius 3 is 1.49 bits per heavy atom. The molecule has 0 radical (unpaired) electrons. The number of aromatic nitrogens is 2. The van der Waals surface area contributed by atoms with Gasteiger partial charge in [-0.3, -0.25) is 14.4 Å². The Morgan fingerprint density at radius 2 is 1.25 bits per heavy atom. The summed E-state index contributed by atoms with van der Waals surface area (Å²) in [7, 11) is 3.87. The number of nitrogens with two attached hydrogens (primary N) is 1. The van der Waals surface area contributed by atoms with Crippen LogP contribution in [0.2, 0.25) is 0 Å². The molecule has 3 unspecified atom stereocenters. The Hall–Kier alpha value is -1.78. The zero-order valence-electron chi connectivity index (χ0n) is 54.0. The molecule has 72 heavy (non-hydrogen) atoms. The fourth-order valence-corrected chi connectivity index (χ4v) is 8.40. The third-order valence-corrected chi connectivity index (χ3v) is 14.1. The summed E-state index contributed by atoms with van der Waals surface area (Å²) in [5.74, 6) is 6.30. The smallest absolute Gasteiger partial charge is 0.222 e. The van der Waals surface area contributed by atoms with Crippen LogP contribution in [0.25, 0.3) is 0 Å². The van der Waals surface area contributed by atoms with E-state index in [2.05, 4.69) is 209 Å². The Labute approximate surface area is 451 Å². The number of hydrogen-bond acceptors (Lipinski definition) is 7. The van der Waals surface area contributed by atoms with E-state index in [0.717, 1.165) is 89.5 Å². The first-order valence-corrected chi connectivity index (χ1v) is 28.8. The number of hydrogen-bond donors (Lipinski definition) is 1. The highest BCUT2D eigenvalue weighted by atomic mass is 16.5. The van der Waals surface area contributed by atoms with Crippen molar-refractivity contribution < 1.29 is 19.0 Å². The lowest BCUT2D eigenvalue weighted by Gasteiger charge is -2.35. The lowest BCUT2D eigenvalue weighted by molar-refractivity contribution is -0.126. The van der Waals surface area contributed by atoms with E-state index in [4.69, 9.17) is 19.9 Å². The Bertz CT molecular complexity index is 1500. The summed E-state index contributed by atoms with van der Waals surface area (Å²) in [5, 5.41) is 4.25. The molecule has 3 atom stereocenters. The molecule has 4 rings (SSSR count). The summed E-state index contributed by atoms with van der Waals surface area (Å²) < 4.78 is 18.0. The number of morpholine rings is 1. The third-order valence-electron chi connectivity index (χ3n) is 14.1. The summed E-state index contributed by atoms with van der Waals surface area (Å²) in [6, 6.07) is 3.21. The normalized spacial score (nSPS) is 18.3. The van der Waals surface area contributed by atoms with Gasteiger partial charge in [0.05, 0.1) is 24.5 Å². The zero-order chi connectivity index (χ0) is 57.1. The van der Waals surface area contributed by atoms with E-state index in [0.29, 0.717) is 75.7 Å². The molecule has 9 heteroatoms. The van der Waals surface area contributed by atoms with Crippen molar-refractivity contribution in [1.29, 1.82) is 0 Å². The average molecular weight is 1020 g/mol. The van der Waals surface area contributed by atoms with Gasteiger partial charge >= 0.3 is 0 Å². The predicted octanol–water partition coefficient (Wildman–Crippen LogP) is 15.9. The maximum absolute atomic E-state index is 11.0. The standard InChI is InChI=1S/C11H24.C10H20.2C9H19NO.C8H14N2.C8H15NO.C8H18O/c1-9(2)11(6,7)8-10(3,4)5;1-8(2)9(3)7-10(4,5)6;1-8(2)9(3)10-4-6-11-7-5-10;1-7(2)9(10)8-3-5-11-6-4-8;1-6(2)8-5-7(3)9-10(8)4;1-6(2)7-4-8(10)9(3)5-7;1-7(2)6-9-8(3,4)5/h9H,8H2,1-7H3;7-8H,1-6H3;8-9H,4-7H2,1-3H3;7-9H,3-6,10H2,1-2H3;5-6H,1-4H3;6-7H,4-5H2,1-3H3;7H,6H2,1-5H3/b;9-7+;;;;;. The number of ether oxygens (including phenoxy) is 3. The molecule has 430 valence electrons. The number of aryl methyl sites for hydroxylation is 2. The Morgan fingerprint density at radius 1 is 0.764 bits per heavy atom. The fourth-order valence-electron chi connectivity index (χ4n) is 8.40. The van der Waals surface area contributed by atoms with Gasteiger partial charge in [-0.2, -0.15) is 5.10 Å². The maximum atomic E-state index is 11.0. The van der Waals surface area contributed by atoms with Crippen molar-refractivity contribution in [2.45, 2.75) is 243 Å². The van der Waals surface area contributed by atoms with Crippen LogP contribution in [0.1, 0.15) is 230 Å². The first-order chi connectivity index (χ1) is 32.5. The molecule has 0 saturated carbocycles. The highest BCUT2D eigenvalue weighted by molar-refractivity contribution is 5.78. The molecule has 3 saturated heterocycles. The summed E-state index contributed by atoms with van der Waals surface area (Å²) >= 11 is 0. The molecule has 2 N–H and O–H groups in total. The molecule has 0 spiro atoms. The summed E-state index contributed by atoms with van der Waals surface area (Å²) in [6.45, 7) is 69.9. The van der Waals surface area contributed by atoms with Gasteiger partial charge in [-0.05, 0) is 136 Å². The van der Waals surface area contributed by atoms with Crippen LogP contribution >= 0.6 is 0 Å². The molecule has 1 aromatic heterocycles. The second-order valence-corrected chi connectivity index (χ2v) is 28.0. The van der Waals surface area contributed by atoms with Gasteiger partial charge in [0.15, 0.2) is 0 Å². The third kappa shape index (κ3) is 38.7. The zero-order valence-corrected chi connectivity index (χ0v) is 54.0. The topological polar surface area (TPSA) is 95.1 Å². The van der Waals surface area contributed by atoms with Crippen LogP contribution in [0.15, 0.2) is 17.7 Å². The van der Waals surface area contributed by atoms with Gasteiger partial charge in [-0.15, -0.1) is 0 Å². The van der Waals surface area contributed by atoms with Crippen LogP contribution in [0.4, 0.5) is 0 Å². The van der Waals surface area contributed by atoms with Crippen LogP contribution < -0.4 is 5.73 Å². The molecule has 3 fully saturated rings. The Kier molecular flexibility index (Phi) is 37.5. The Balaban J connectivity index is -0.000000772. The summed E-state index contributed by atoms with van der Waals surface area (Å²) in [5.41, 5.74) is 11.3. The quantitative estimate of drug-likeness (QED) is 0.221. The van der Waals surface area contributed by atoms with Crippen molar-refractivity contribution in [2.24, 2.45) is 76.4 Å². The van der Waals surface area contributed by atoms with Gasteiger partial charge in [0, 0.05) is 77.7 Å². The summed E-state index contributed by atoms with van der Waals surface area (Å²) in [4.78, 5) is 15.3. The number of nitrogens with zero attached hydrogens (tertiary/aromatic N) is 4. The molecular formula is C63H129N5O4. The number of likely N-dealkylation sites (tertiary alicyclic amines) is 1. The second kappa shape index (κ2) is 36.3. The van der Waals surface area contributed by atoms with Gasteiger partial charge in [-0.25, -0.2) is 0 Å². The van der Waals surface area contributed by atoms with E-state index in [-0.39, 0.29) is 5.60 Å². The first kappa shape index (κ1) is 74.5. The van der Waals surface area contributed by atoms with E-state index in [9.17, 15) is 4.79 Å². The van der Waals surface area contributed by atoms with E-state index in [1.54, 1.807) is 0 Å². The van der Waals surface area contributed by atoms with E-state index >= 15 is 0 Å². The van der Waals surface area contributed by atoms with Crippen LogP contribution in [-0.4, -0.2) is 103 Å².